The van der Waals surface area contributed by atoms with Gasteiger partial charge in [0.25, 0.3) is 0 Å². The predicted octanol–water partition coefficient (Wildman–Crippen LogP) is 3.09. The first kappa shape index (κ1) is 13.9. The molecule has 0 spiro atoms. The maximum absolute atomic E-state index is 9.72. The summed E-state index contributed by atoms with van der Waals surface area (Å²) in [4.78, 5) is 0. The van der Waals surface area contributed by atoms with Crippen molar-refractivity contribution in [1.29, 1.82) is 0 Å². The van der Waals surface area contributed by atoms with Gasteiger partial charge in [0.15, 0.2) is 0 Å². The summed E-state index contributed by atoms with van der Waals surface area (Å²) in [6.07, 6.45) is 1.03. The SMILES string of the molecule is Cl.Oc1ccc2c(c1)C(c1ccccc1)CNCC2. The molecule has 2 aromatic rings. The van der Waals surface area contributed by atoms with E-state index in [4.69, 9.17) is 0 Å². The average Bonchev–Trinajstić information content (AvgIpc) is 2.61. The second-order valence-corrected chi connectivity index (χ2v) is 4.80. The summed E-state index contributed by atoms with van der Waals surface area (Å²) >= 11 is 0. The number of hydrogen-bond donors (Lipinski definition) is 2. The van der Waals surface area contributed by atoms with Crippen LogP contribution in [-0.4, -0.2) is 18.2 Å². The molecule has 0 amide bonds. The van der Waals surface area contributed by atoms with E-state index in [2.05, 4.69) is 29.6 Å². The Balaban J connectivity index is 0.00000133. The Hall–Kier alpha value is -1.51. The van der Waals surface area contributed by atoms with Gasteiger partial charge in [0.1, 0.15) is 5.75 Å². The van der Waals surface area contributed by atoms with Gasteiger partial charge >= 0.3 is 0 Å². The molecule has 3 rings (SSSR count). The van der Waals surface area contributed by atoms with Crippen molar-refractivity contribution < 1.29 is 5.11 Å². The smallest absolute Gasteiger partial charge is 0.115 e. The molecular formula is C16H18ClNO. The van der Waals surface area contributed by atoms with Crippen LogP contribution in [0.2, 0.25) is 0 Å². The molecule has 1 heterocycles. The summed E-state index contributed by atoms with van der Waals surface area (Å²) in [5, 5.41) is 13.2. The lowest BCUT2D eigenvalue weighted by Crippen LogP contribution is -2.20. The Morgan fingerprint density at radius 2 is 1.84 bits per heavy atom. The zero-order valence-corrected chi connectivity index (χ0v) is 11.5. The van der Waals surface area contributed by atoms with Crippen LogP contribution in [0.4, 0.5) is 0 Å². The third kappa shape index (κ3) is 2.91. The fraction of sp³-hybridized carbons (Fsp3) is 0.250. The highest BCUT2D eigenvalue weighted by Crippen LogP contribution is 2.31. The maximum atomic E-state index is 9.72. The van der Waals surface area contributed by atoms with Crippen LogP contribution in [0.5, 0.6) is 5.75 Å². The molecule has 0 aromatic heterocycles. The van der Waals surface area contributed by atoms with Gasteiger partial charge in [-0.05, 0) is 41.8 Å². The van der Waals surface area contributed by atoms with Gasteiger partial charge in [0, 0.05) is 12.5 Å². The van der Waals surface area contributed by atoms with E-state index >= 15 is 0 Å². The molecule has 19 heavy (non-hydrogen) atoms. The molecule has 2 N–H and O–H groups in total. The summed E-state index contributed by atoms with van der Waals surface area (Å²) < 4.78 is 0. The Morgan fingerprint density at radius 1 is 1.05 bits per heavy atom. The van der Waals surface area contributed by atoms with E-state index in [0.29, 0.717) is 11.7 Å². The highest BCUT2D eigenvalue weighted by atomic mass is 35.5. The van der Waals surface area contributed by atoms with E-state index in [0.717, 1.165) is 19.5 Å². The van der Waals surface area contributed by atoms with E-state index in [1.54, 1.807) is 6.07 Å². The van der Waals surface area contributed by atoms with Crippen LogP contribution in [0, 0.1) is 0 Å². The van der Waals surface area contributed by atoms with Crippen molar-refractivity contribution in [3.05, 3.63) is 65.2 Å². The highest BCUT2D eigenvalue weighted by Gasteiger charge is 2.20. The normalized spacial score (nSPS) is 18.0. The van der Waals surface area contributed by atoms with Crippen molar-refractivity contribution in [3.8, 4) is 5.75 Å². The second kappa shape index (κ2) is 6.09. The lowest BCUT2D eigenvalue weighted by atomic mass is 9.88. The summed E-state index contributed by atoms with van der Waals surface area (Å²) in [5.41, 5.74) is 3.90. The number of phenols is 1. The lowest BCUT2D eigenvalue weighted by Gasteiger charge is -2.18. The highest BCUT2D eigenvalue weighted by molar-refractivity contribution is 5.85. The summed E-state index contributed by atoms with van der Waals surface area (Å²) in [5.74, 6) is 0.687. The fourth-order valence-corrected chi connectivity index (χ4v) is 2.70. The van der Waals surface area contributed by atoms with Crippen molar-refractivity contribution >= 4 is 12.4 Å². The average molecular weight is 276 g/mol. The van der Waals surface area contributed by atoms with E-state index in [1.165, 1.54) is 16.7 Å². The van der Waals surface area contributed by atoms with E-state index in [9.17, 15) is 5.11 Å². The van der Waals surface area contributed by atoms with Crippen molar-refractivity contribution in [3.63, 3.8) is 0 Å². The monoisotopic (exact) mass is 275 g/mol. The van der Waals surface area contributed by atoms with Gasteiger partial charge in [0.2, 0.25) is 0 Å². The van der Waals surface area contributed by atoms with Crippen LogP contribution in [0.3, 0.4) is 0 Å². The lowest BCUT2D eigenvalue weighted by molar-refractivity contribution is 0.474. The summed E-state index contributed by atoms with van der Waals surface area (Å²) in [6.45, 7) is 1.93. The molecular weight excluding hydrogens is 258 g/mol. The standard InChI is InChI=1S/C16H17NO.ClH/c18-14-7-6-13-8-9-17-11-16(15(13)10-14)12-4-2-1-3-5-12;/h1-7,10,16-18H,8-9,11H2;1H. The molecule has 0 bridgehead atoms. The van der Waals surface area contributed by atoms with Crippen molar-refractivity contribution in [2.24, 2.45) is 0 Å². The van der Waals surface area contributed by atoms with Crippen molar-refractivity contribution in [1.82, 2.24) is 5.32 Å². The number of fused-ring (bicyclic) bond motifs is 1. The Bertz CT molecular complexity index is 542. The third-order valence-corrected chi connectivity index (χ3v) is 3.63. The molecule has 0 aliphatic carbocycles. The maximum Gasteiger partial charge on any atom is 0.115 e. The van der Waals surface area contributed by atoms with Crippen molar-refractivity contribution in [2.45, 2.75) is 12.3 Å². The Labute approximate surface area is 119 Å². The minimum Gasteiger partial charge on any atom is -0.508 e. The van der Waals surface area contributed by atoms with E-state index < -0.39 is 0 Å². The number of hydrogen-bond acceptors (Lipinski definition) is 2. The van der Waals surface area contributed by atoms with Gasteiger partial charge in [-0.25, -0.2) is 0 Å². The first-order chi connectivity index (χ1) is 8.84. The molecule has 0 fully saturated rings. The number of halogens is 1. The molecule has 3 heteroatoms. The van der Waals surface area contributed by atoms with Gasteiger partial charge in [0.05, 0.1) is 0 Å². The molecule has 1 atom stereocenters. The van der Waals surface area contributed by atoms with Gasteiger partial charge in [-0.15, -0.1) is 12.4 Å². The fourth-order valence-electron chi connectivity index (χ4n) is 2.70. The quantitative estimate of drug-likeness (QED) is 0.838. The number of nitrogens with one attached hydrogen (secondary N) is 1. The van der Waals surface area contributed by atoms with Crippen LogP contribution >= 0.6 is 12.4 Å². The molecule has 2 nitrogen and oxygen atoms in total. The molecule has 1 aliphatic rings. The van der Waals surface area contributed by atoms with E-state index in [-0.39, 0.29) is 12.4 Å². The third-order valence-electron chi connectivity index (χ3n) is 3.63. The molecule has 0 saturated heterocycles. The number of benzene rings is 2. The summed E-state index contributed by atoms with van der Waals surface area (Å²) in [6, 6.07) is 16.2. The molecule has 0 radical (unpaired) electrons. The van der Waals surface area contributed by atoms with Gasteiger partial charge < -0.3 is 10.4 Å². The van der Waals surface area contributed by atoms with Crippen LogP contribution in [0.25, 0.3) is 0 Å². The van der Waals surface area contributed by atoms with E-state index in [1.807, 2.05) is 18.2 Å². The first-order valence-electron chi connectivity index (χ1n) is 6.42. The topological polar surface area (TPSA) is 32.3 Å². The number of rotatable bonds is 1. The Kier molecular flexibility index (Phi) is 4.46. The zero-order chi connectivity index (χ0) is 12.4. The van der Waals surface area contributed by atoms with Crippen LogP contribution < -0.4 is 5.32 Å². The zero-order valence-electron chi connectivity index (χ0n) is 10.7. The van der Waals surface area contributed by atoms with Crippen molar-refractivity contribution in [2.75, 3.05) is 13.1 Å². The number of aromatic hydroxyl groups is 1. The minimum atomic E-state index is 0. The molecule has 0 saturated carbocycles. The van der Waals surface area contributed by atoms with Crippen LogP contribution in [0.1, 0.15) is 22.6 Å². The Morgan fingerprint density at radius 3 is 2.63 bits per heavy atom. The number of phenolic OH excluding ortho intramolecular Hbond substituents is 1. The largest absolute Gasteiger partial charge is 0.508 e. The first-order valence-corrected chi connectivity index (χ1v) is 6.42. The molecule has 1 unspecified atom stereocenters. The minimum absolute atomic E-state index is 0. The molecule has 2 aromatic carbocycles. The second-order valence-electron chi connectivity index (χ2n) is 4.80. The van der Waals surface area contributed by atoms with Gasteiger partial charge in [-0.3, -0.25) is 0 Å². The molecule has 100 valence electrons. The predicted molar refractivity (Wildman–Crippen MR) is 80.2 cm³/mol. The molecule has 1 aliphatic heterocycles. The van der Waals surface area contributed by atoms with Crippen LogP contribution in [0.15, 0.2) is 48.5 Å². The summed E-state index contributed by atoms with van der Waals surface area (Å²) in [7, 11) is 0. The van der Waals surface area contributed by atoms with Gasteiger partial charge in [-0.2, -0.15) is 0 Å². The van der Waals surface area contributed by atoms with Crippen LogP contribution in [-0.2, 0) is 6.42 Å². The van der Waals surface area contributed by atoms with Gasteiger partial charge in [-0.1, -0.05) is 36.4 Å².